The van der Waals surface area contributed by atoms with E-state index in [2.05, 4.69) is 14.8 Å². The van der Waals surface area contributed by atoms with Crippen LogP contribution in [0.4, 0.5) is 5.82 Å². The normalized spacial score (nSPS) is 23.4. The maximum atomic E-state index is 11.5. The van der Waals surface area contributed by atoms with Crippen molar-refractivity contribution in [3.63, 3.8) is 0 Å². The van der Waals surface area contributed by atoms with Crippen molar-refractivity contribution in [1.82, 2.24) is 9.88 Å². The molecule has 2 saturated heterocycles. The Labute approximate surface area is 124 Å². The van der Waals surface area contributed by atoms with Crippen LogP contribution in [0.3, 0.4) is 0 Å². The van der Waals surface area contributed by atoms with Gasteiger partial charge in [0.15, 0.2) is 0 Å². The predicted octanol–water partition coefficient (Wildman–Crippen LogP) is 0.339. The van der Waals surface area contributed by atoms with Gasteiger partial charge in [-0.05, 0) is 24.5 Å². The Kier molecular flexibility index (Phi) is 4.36. The molecule has 3 rings (SSSR count). The van der Waals surface area contributed by atoms with E-state index >= 15 is 0 Å². The largest absolute Gasteiger partial charge is 0.381 e. The number of aromatic nitrogens is 1. The molecule has 1 amide bonds. The van der Waals surface area contributed by atoms with Crippen molar-refractivity contribution >= 4 is 11.7 Å². The molecule has 0 saturated carbocycles. The second kappa shape index (κ2) is 6.41. The highest BCUT2D eigenvalue weighted by molar-refractivity contribution is 5.97. The van der Waals surface area contributed by atoms with Crippen molar-refractivity contribution in [2.24, 2.45) is 11.7 Å². The van der Waals surface area contributed by atoms with E-state index in [0.29, 0.717) is 17.3 Å². The molecular weight excluding hydrogens is 268 g/mol. The van der Waals surface area contributed by atoms with Gasteiger partial charge in [-0.1, -0.05) is 0 Å². The summed E-state index contributed by atoms with van der Waals surface area (Å²) in [6.07, 6.45) is 2.89. The molecule has 21 heavy (non-hydrogen) atoms. The first-order valence-electron chi connectivity index (χ1n) is 7.54. The zero-order chi connectivity index (χ0) is 14.7. The Morgan fingerprint density at radius 3 is 2.86 bits per heavy atom. The predicted molar refractivity (Wildman–Crippen MR) is 80.3 cm³/mol. The second-order valence-electron chi connectivity index (χ2n) is 5.76. The Morgan fingerprint density at radius 1 is 1.38 bits per heavy atom. The Balaban J connectivity index is 1.59. The van der Waals surface area contributed by atoms with Crippen LogP contribution in [0.2, 0.25) is 0 Å². The van der Waals surface area contributed by atoms with Gasteiger partial charge in [0.05, 0.1) is 12.2 Å². The van der Waals surface area contributed by atoms with E-state index in [1.165, 1.54) is 6.42 Å². The van der Waals surface area contributed by atoms with Crippen LogP contribution in [0.5, 0.6) is 0 Å². The number of piperazine rings is 1. The zero-order valence-electron chi connectivity index (χ0n) is 12.2. The molecule has 2 fully saturated rings. The Morgan fingerprint density at radius 2 is 2.19 bits per heavy atom. The van der Waals surface area contributed by atoms with E-state index in [0.717, 1.165) is 45.9 Å². The molecule has 2 N–H and O–H groups in total. The average molecular weight is 290 g/mol. The molecule has 1 atom stereocenters. The lowest BCUT2D eigenvalue weighted by Crippen LogP contribution is -2.48. The van der Waals surface area contributed by atoms with Crippen LogP contribution in [0.1, 0.15) is 16.8 Å². The van der Waals surface area contributed by atoms with Gasteiger partial charge >= 0.3 is 0 Å². The fraction of sp³-hybridized carbons (Fsp3) is 0.600. The summed E-state index contributed by atoms with van der Waals surface area (Å²) in [6, 6.07) is 3.49. The fourth-order valence-electron chi connectivity index (χ4n) is 3.08. The molecule has 0 aliphatic carbocycles. The van der Waals surface area contributed by atoms with Gasteiger partial charge in [-0.2, -0.15) is 0 Å². The van der Waals surface area contributed by atoms with Crippen LogP contribution in [0, 0.1) is 5.92 Å². The molecule has 1 aromatic rings. The van der Waals surface area contributed by atoms with Crippen LogP contribution in [0.25, 0.3) is 0 Å². The lowest BCUT2D eigenvalue weighted by atomic mass is 10.1. The molecule has 114 valence electrons. The van der Waals surface area contributed by atoms with Gasteiger partial charge < -0.3 is 15.4 Å². The Hall–Kier alpha value is -1.66. The van der Waals surface area contributed by atoms with Crippen LogP contribution in [-0.4, -0.2) is 61.7 Å². The molecule has 2 aliphatic heterocycles. The van der Waals surface area contributed by atoms with E-state index in [-0.39, 0.29) is 0 Å². The van der Waals surface area contributed by atoms with E-state index in [1.807, 2.05) is 0 Å². The number of carbonyl (C=O) groups is 1. The van der Waals surface area contributed by atoms with Crippen LogP contribution < -0.4 is 10.6 Å². The number of hydrogen-bond acceptors (Lipinski definition) is 5. The smallest absolute Gasteiger partial charge is 0.252 e. The summed E-state index contributed by atoms with van der Waals surface area (Å²) in [6.45, 7) is 6.65. The standard InChI is InChI=1S/C15H22N4O2/c16-14(20)13-2-1-4-17-15(13)19-7-5-18(6-8-19)10-12-3-9-21-11-12/h1-2,4,12H,3,5-11H2,(H2,16,20)/t12-/m1/s1. The second-order valence-corrected chi connectivity index (χ2v) is 5.76. The SMILES string of the molecule is NC(=O)c1cccnc1N1CCN(C[C@H]2CCOC2)CC1. The molecule has 0 aromatic carbocycles. The lowest BCUT2D eigenvalue weighted by Gasteiger charge is -2.36. The van der Waals surface area contributed by atoms with Gasteiger partial charge in [-0.25, -0.2) is 4.98 Å². The van der Waals surface area contributed by atoms with Gasteiger partial charge in [-0.3, -0.25) is 9.69 Å². The minimum absolute atomic E-state index is 0.413. The summed E-state index contributed by atoms with van der Waals surface area (Å²) in [5.74, 6) is 0.977. The Bertz CT molecular complexity index is 494. The molecule has 0 spiro atoms. The van der Waals surface area contributed by atoms with Crippen LogP contribution in [0.15, 0.2) is 18.3 Å². The maximum absolute atomic E-state index is 11.5. The number of nitrogens with zero attached hydrogens (tertiary/aromatic N) is 3. The number of anilines is 1. The van der Waals surface area contributed by atoms with E-state index in [4.69, 9.17) is 10.5 Å². The summed E-state index contributed by atoms with van der Waals surface area (Å²) >= 11 is 0. The first-order chi connectivity index (χ1) is 10.2. The van der Waals surface area contributed by atoms with Crippen LogP contribution in [-0.2, 0) is 4.74 Å². The van der Waals surface area contributed by atoms with Gasteiger partial charge in [0, 0.05) is 45.5 Å². The number of amides is 1. The maximum Gasteiger partial charge on any atom is 0.252 e. The van der Waals surface area contributed by atoms with Gasteiger partial charge in [-0.15, -0.1) is 0 Å². The monoisotopic (exact) mass is 290 g/mol. The van der Waals surface area contributed by atoms with Crippen molar-refractivity contribution in [2.75, 3.05) is 50.8 Å². The van der Waals surface area contributed by atoms with Crippen molar-refractivity contribution in [2.45, 2.75) is 6.42 Å². The third-order valence-corrected chi connectivity index (χ3v) is 4.26. The molecule has 0 bridgehead atoms. The van der Waals surface area contributed by atoms with Crippen molar-refractivity contribution < 1.29 is 9.53 Å². The van der Waals surface area contributed by atoms with Crippen molar-refractivity contribution in [3.8, 4) is 0 Å². The third-order valence-electron chi connectivity index (χ3n) is 4.26. The number of nitrogens with two attached hydrogens (primary N) is 1. The molecule has 0 unspecified atom stereocenters. The topological polar surface area (TPSA) is 71.7 Å². The minimum Gasteiger partial charge on any atom is -0.381 e. The summed E-state index contributed by atoms with van der Waals surface area (Å²) in [5.41, 5.74) is 5.94. The van der Waals surface area contributed by atoms with Crippen LogP contribution >= 0.6 is 0 Å². The highest BCUT2D eigenvalue weighted by Crippen LogP contribution is 2.20. The molecule has 3 heterocycles. The number of rotatable bonds is 4. The van der Waals surface area contributed by atoms with E-state index in [9.17, 15) is 4.79 Å². The highest BCUT2D eigenvalue weighted by atomic mass is 16.5. The quantitative estimate of drug-likeness (QED) is 0.866. The first-order valence-corrected chi connectivity index (χ1v) is 7.54. The molecule has 2 aliphatic rings. The van der Waals surface area contributed by atoms with Gasteiger partial charge in [0.25, 0.3) is 5.91 Å². The lowest BCUT2D eigenvalue weighted by molar-refractivity contribution is 0.1000. The number of hydrogen-bond donors (Lipinski definition) is 1. The number of ether oxygens (including phenoxy) is 1. The fourth-order valence-corrected chi connectivity index (χ4v) is 3.08. The molecule has 6 nitrogen and oxygen atoms in total. The summed E-state index contributed by atoms with van der Waals surface area (Å²) in [5, 5.41) is 0. The first kappa shape index (κ1) is 14.3. The summed E-state index contributed by atoms with van der Waals surface area (Å²) in [7, 11) is 0. The highest BCUT2D eigenvalue weighted by Gasteiger charge is 2.24. The number of carbonyl (C=O) groups excluding carboxylic acids is 1. The zero-order valence-corrected chi connectivity index (χ0v) is 12.2. The molecule has 1 aromatic heterocycles. The third kappa shape index (κ3) is 3.33. The van der Waals surface area contributed by atoms with E-state index < -0.39 is 5.91 Å². The van der Waals surface area contributed by atoms with Gasteiger partial charge in [0.1, 0.15) is 5.82 Å². The molecule has 0 radical (unpaired) electrons. The average Bonchev–Trinajstić information content (AvgIpc) is 3.01. The van der Waals surface area contributed by atoms with Crippen molar-refractivity contribution in [1.29, 1.82) is 0 Å². The van der Waals surface area contributed by atoms with Crippen molar-refractivity contribution in [3.05, 3.63) is 23.9 Å². The summed E-state index contributed by atoms with van der Waals surface area (Å²) in [4.78, 5) is 20.5. The molecule has 6 heteroatoms. The minimum atomic E-state index is -0.413. The number of pyridine rings is 1. The van der Waals surface area contributed by atoms with E-state index in [1.54, 1.807) is 18.3 Å². The van der Waals surface area contributed by atoms with Gasteiger partial charge in [0.2, 0.25) is 0 Å². The number of primary amides is 1. The molecular formula is C15H22N4O2. The summed E-state index contributed by atoms with van der Waals surface area (Å²) < 4.78 is 5.43.